The van der Waals surface area contributed by atoms with E-state index in [1.807, 2.05) is 0 Å². The highest BCUT2D eigenvalue weighted by Crippen LogP contribution is 2.03. The van der Waals surface area contributed by atoms with Crippen LogP contribution in [0.2, 0.25) is 0 Å². The van der Waals surface area contributed by atoms with Crippen LogP contribution in [0.1, 0.15) is 53.4 Å². The lowest BCUT2D eigenvalue weighted by Gasteiger charge is -2.22. The van der Waals surface area contributed by atoms with Gasteiger partial charge in [0.05, 0.1) is 0 Å². The van der Waals surface area contributed by atoms with E-state index in [0.717, 1.165) is 6.54 Å². The van der Waals surface area contributed by atoms with Crippen molar-refractivity contribution in [1.82, 2.24) is 4.90 Å². The fourth-order valence-corrected chi connectivity index (χ4v) is 1.48. The average Bonchev–Trinajstić information content (AvgIpc) is 2.21. The summed E-state index contributed by atoms with van der Waals surface area (Å²) in [5, 5.41) is 0. The standard InChI is InChI=1S/C13H27N/c1-5-8-10-14(11-9-6-2)12-13(4)7-3/h7H,5-6,8-12H2,1-4H3/b13-7+. The lowest BCUT2D eigenvalue weighted by Crippen LogP contribution is -2.27. The number of allylic oxidation sites excluding steroid dienone is 1. The molecule has 0 heterocycles. The van der Waals surface area contributed by atoms with E-state index >= 15 is 0 Å². The quantitative estimate of drug-likeness (QED) is 0.534. The molecular weight excluding hydrogens is 170 g/mol. The Balaban J connectivity index is 3.83. The molecule has 0 N–H and O–H groups in total. The van der Waals surface area contributed by atoms with Crippen LogP contribution < -0.4 is 0 Å². The zero-order valence-corrected chi connectivity index (χ0v) is 10.5. The molecule has 0 aliphatic carbocycles. The van der Waals surface area contributed by atoms with Gasteiger partial charge in [0.15, 0.2) is 0 Å². The zero-order valence-electron chi connectivity index (χ0n) is 10.5. The van der Waals surface area contributed by atoms with Gasteiger partial charge in [-0.25, -0.2) is 0 Å². The summed E-state index contributed by atoms with van der Waals surface area (Å²) in [4.78, 5) is 2.59. The molecule has 0 fully saturated rings. The molecule has 1 nitrogen and oxygen atoms in total. The summed E-state index contributed by atoms with van der Waals surface area (Å²) < 4.78 is 0. The molecule has 0 aromatic carbocycles. The summed E-state index contributed by atoms with van der Waals surface area (Å²) >= 11 is 0. The average molecular weight is 197 g/mol. The third-order valence-corrected chi connectivity index (χ3v) is 2.62. The monoisotopic (exact) mass is 197 g/mol. The molecule has 0 bridgehead atoms. The number of hydrogen-bond donors (Lipinski definition) is 0. The van der Waals surface area contributed by atoms with Gasteiger partial charge in [-0.05, 0) is 39.8 Å². The Bertz CT molecular complexity index is 141. The van der Waals surface area contributed by atoms with E-state index in [0.29, 0.717) is 0 Å². The van der Waals surface area contributed by atoms with E-state index in [-0.39, 0.29) is 0 Å². The molecule has 1 heteroatoms. The van der Waals surface area contributed by atoms with Crippen molar-refractivity contribution >= 4 is 0 Å². The first-order valence-electron chi connectivity index (χ1n) is 6.08. The van der Waals surface area contributed by atoms with Crippen molar-refractivity contribution in [1.29, 1.82) is 0 Å². The van der Waals surface area contributed by atoms with Gasteiger partial charge in [0.2, 0.25) is 0 Å². The van der Waals surface area contributed by atoms with Crippen molar-refractivity contribution in [2.75, 3.05) is 19.6 Å². The zero-order chi connectivity index (χ0) is 10.8. The lowest BCUT2D eigenvalue weighted by atomic mass is 10.2. The maximum Gasteiger partial charge on any atom is 0.0189 e. The SMILES string of the molecule is C/C=C(\C)CN(CCCC)CCCC. The normalized spacial score (nSPS) is 12.5. The molecule has 0 spiro atoms. The second-order valence-corrected chi connectivity index (χ2v) is 4.12. The molecule has 84 valence electrons. The maximum atomic E-state index is 2.59. The van der Waals surface area contributed by atoms with E-state index in [9.17, 15) is 0 Å². The van der Waals surface area contributed by atoms with Crippen LogP contribution >= 0.6 is 0 Å². The van der Waals surface area contributed by atoms with Gasteiger partial charge in [-0.1, -0.05) is 38.3 Å². The third-order valence-electron chi connectivity index (χ3n) is 2.62. The third kappa shape index (κ3) is 7.14. The summed E-state index contributed by atoms with van der Waals surface area (Å²) in [6.07, 6.45) is 7.50. The van der Waals surface area contributed by atoms with E-state index in [4.69, 9.17) is 0 Å². The van der Waals surface area contributed by atoms with Crippen LogP contribution in [-0.4, -0.2) is 24.5 Å². The Morgan fingerprint density at radius 2 is 1.57 bits per heavy atom. The topological polar surface area (TPSA) is 3.24 Å². The molecule has 0 unspecified atom stereocenters. The number of unbranched alkanes of at least 4 members (excludes halogenated alkanes) is 2. The first-order chi connectivity index (χ1) is 6.74. The number of rotatable bonds is 8. The molecule has 0 atom stereocenters. The highest BCUT2D eigenvalue weighted by molar-refractivity contribution is 4.98. The predicted molar refractivity (Wildman–Crippen MR) is 65.7 cm³/mol. The Morgan fingerprint density at radius 3 is 1.93 bits per heavy atom. The molecule has 0 rings (SSSR count). The van der Waals surface area contributed by atoms with Crippen LogP contribution in [0.15, 0.2) is 11.6 Å². The summed E-state index contributed by atoms with van der Waals surface area (Å²) in [5.41, 5.74) is 1.50. The van der Waals surface area contributed by atoms with Crippen LogP contribution in [0.5, 0.6) is 0 Å². The van der Waals surface area contributed by atoms with Crippen molar-refractivity contribution in [2.24, 2.45) is 0 Å². The molecule has 0 saturated heterocycles. The summed E-state index contributed by atoms with van der Waals surface area (Å²) in [7, 11) is 0. The molecule has 0 amide bonds. The van der Waals surface area contributed by atoms with Crippen LogP contribution in [-0.2, 0) is 0 Å². The van der Waals surface area contributed by atoms with E-state index in [2.05, 4.69) is 38.7 Å². The van der Waals surface area contributed by atoms with Crippen LogP contribution in [0.4, 0.5) is 0 Å². The van der Waals surface area contributed by atoms with Crippen LogP contribution in [0, 0.1) is 0 Å². The van der Waals surface area contributed by atoms with Gasteiger partial charge in [-0.2, -0.15) is 0 Å². The number of nitrogens with zero attached hydrogens (tertiary/aromatic N) is 1. The largest absolute Gasteiger partial charge is 0.299 e. The van der Waals surface area contributed by atoms with Gasteiger partial charge in [-0.3, -0.25) is 4.90 Å². The van der Waals surface area contributed by atoms with Gasteiger partial charge in [0, 0.05) is 6.54 Å². The minimum Gasteiger partial charge on any atom is -0.299 e. The van der Waals surface area contributed by atoms with E-state index < -0.39 is 0 Å². The second-order valence-electron chi connectivity index (χ2n) is 4.12. The minimum atomic E-state index is 1.16. The maximum absolute atomic E-state index is 2.59. The summed E-state index contributed by atoms with van der Waals surface area (Å²) in [6, 6.07) is 0. The first kappa shape index (κ1) is 13.7. The Kier molecular flexibility index (Phi) is 9.06. The summed E-state index contributed by atoms with van der Waals surface area (Å²) in [5.74, 6) is 0. The Hall–Kier alpha value is -0.300. The van der Waals surface area contributed by atoms with Crippen molar-refractivity contribution < 1.29 is 0 Å². The van der Waals surface area contributed by atoms with Gasteiger partial charge < -0.3 is 0 Å². The number of hydrogen-bond acceptors (Lipinski definition) is 1. The van der Waals surface area contributed by atoms with Gasteiger partial charge in [-0.15, -0.1) is 0 Å². The molecule has 0 saturated carbocycles. The highest BCUT2D eigenvalue weighted by Gasteiger charge is 2.03. The molecule has 0 aromatic rings. The van der Waals surface area contributed by atoms with Gasteiger partial charge in [0.1, 0.15) is 0 Å². The second kappa shape index (κ2) is 9.26. The van der Waals surface area contributed by atoms with Crippen LogP contribution in [0.3, 0.4) is 0 Å². The molecule has 0 aliphatic heterocycles. The van der Waals surface area contributed by atoms with Crippen molar-refractivity contribution in [3.8, 4) is 0 Å². The molecule has 0 aromatic heterocycles. The van der Waals surface area contributed by atoms with Crippen molar-refractivity contribution in [3.05, 3.63) is 11.6 Å². The van der Waals surface area contributed by atoms with Crippen molar-refractivity contribution in [3.63, 3.8) is 0 Å². The predicted octanol–water partition coefficient (Wildman–Crippen LogP) is 3.85. The van der Waals surface area contributed by atoms with Gasteiger partial charge >= 0.3 is 0 Å². The highest BCUT2D eigenvalue weighted by atomic mass is 15.1. The fraction of sp³-hybridized carbons (Fsp3) is 0.846. The molecular formula is C13H27N. The molecule has 0 radical (unpaired) electrons. The lowest BCUT2D eigenvalue weighted by molar-refractivity contribution is 0.286. The van der Waals surface area contributed by atoms with Crippen molar-refractivity contribution in [2.45, 2.75) is 53.4 Å². The van der Waals surface area contributed by atoms with E-state index in [1.165, 1.54) is 44.3 Å². The first-order valence-corrected chi connectivity index (χ1v) is 6.08. The molecule has 14 heavy (non-hydrogen) atoms. The smallest absolute Gasteiger partial charge is 0.0189 e. The van der Waals surface area contributed by atoms with Crippen LogP contribution in [0.25, 0.3) is 0 Å². The minimum absolute atomic E-state index is 1.16. The summed E-state index contributed by atoms with van der Waals surface area (Å²) in [6.45, 7) is 12.6. The van der Waals surface area contributed by atoms with Gasteiger partial charge in [0.25, 0.3) is 0 Å². The Labute approximate surface area is 90.2 Å². The van der Waals surface area contributed by atoms with E-state index in [1.54, 1.807) is 0 Å². The fourth-order valence-electron chi connectivity index (χ4n) is 1.48. The molecule has 0 aliphatic rings. The Morgan fingerprint density at radius 1 is 1.07 bits per heavy atom.